The minimum Gasteiger partial charge on any atom is -0.459 e. The van der Waals surface area contributed by atoms with Crippen LogP contribution in [0.2, 0.25) is 0 Å². The highest BCUT2D eigenvalue weighted by Gasteiger charge is 2.33. The Bertz CT molecular complexity index is 1040. The molecule has 1 aliphatic heterocycles. The number of furan rings is 1. The maximum atomic E-state index is 12.6. The molecule has 3 amide bonds. The number of nitrogens with one attached hydrogen (secondary N) is 3. The van der Waals surface area contributed by atoms with Crippen molar-refractivity contribution in [2.24, 2.45) is 0 Å². The minimum absolute atomic E-state index is 0.0455. The first-order valence-corrected chi connectivity index (χ1v) is 9.46. The molecule has 3 N–H and O–H groups in total. The van der Waals surface area contributed by atoms with Crippen LogP contribution in [0.25, 0.3) is 10.9 Å². The van der Waals surface area contributed by atoms with Crippen molar-refractivity contribution < 1.29 is 18.8 Å². The Labute approximate surface area is 167 Å². The fourth-order valence-corrected chi connectivity index (χ4v) is 3.73. The monoisotopic (exact) mass is 394 g/mol. The lowest BCUT2D eigenvalue weighted by molar-refractivity contribution is -0.127. The molecule has 0 spiro atoms. The Balaban J connectivity index is 1.48. The second-order valence-electron chi connectivity index (χ2n) is 7.19. The Morgan fingerprint density at radius 1 is 1.24 bits per heavy atom. The summed E-state index contributed by atoms with van der Waals surface area (Å²) in [7, 11) is 1.55. The highest BCUT2D eigenvalue weighted by Crippen LogP contribution is 2.30. The van der Waals surface area contributed by atoms with Crippen LogP contribution in [-0.4, -0.2) is 47.2 Å². The fraction of sp³-hybridized carbons (Fsp3) is 0.286. The van der Waals surface area contributed by atoms with Crippen LogP contribution in [0, 0.1) is 0 Å². The molecule has 0 unspecified atom stereocenters. The maximum absolute atomic E-state index is 12.6. The average Bonchev–Trinajstić information content (AvgIpc) is 3.38. The summed E-state index contributed by atoms with van der Waals surface area (Å²) in [5.41, 5.74) is 1.90. The Morgan fingerprint density at radius 3 is 2.86 bits per heavy atom. The molecule has 1 fully saturated rings. The van der Waals surface area contributed by atoms with E-state index in [4.69, 9.17) is 4.42 Å². The third-order valence-corrected chi connectivity index (χ3v) is 5.16. The van der Waals surface area contributed by atoms with Crippen molar-refractivity contribution in [2.75, 3.05) is 13.6 Å². The number of benzene rings is 1. The first-order valence-electron chi connectivity index (χ1n) is 9.46. The van der Waals surface area contributed by atoms with Crippen LogP contribution in [0.1, 0.15) is 35.0 Å². The van der Waals surface area contributed by atoms with Gasteiger partial charge in [-0.25, -0.2) is 0 Å². The van der Waals surface area contributed by atoms with Crippen molar-refractivity contribution in [2.45, 2.75) is 24.9 Å². The molecule has 8 nitrogen and oxygen atoms in total. The van der Waals surface area contributed by atoms with Gasteiger partial charge in [0, 0.05) is 36.1 Å². The van der Waals surface area contributed by atoms with E-state index in [1.54, 1.807) is 19.2 Å². The summed E-state index contributed by atoms with van der Waals surface area (Å²) < 4.78 is 5.09. The summed E-state index contributed by atoms with van der Waals surface area (Å²) in [5, 5.41) is 6.98. The van der Waals surface area contributed by atoms with Crippen LogP contribution in [0.4, 0.5) is 0 Å². The van der Waals surface area contributed by atoms with E-state index in [0.717, 1.165) is 16.5 Å². The predicted molar refractivity (Wildman–Crippen MR) is 106 cm³/mol. The van der Waals surface area contributed by atoms with Crippen molar-refractivity contribution in [1.82, 2.24) is 20.5 Å². The lowest BCUT2D eigenvalue weighted by atomic mass is 9.91. The van der Waals surface area contributed by atoms with E-state index < -0.39 is 0 Å². The minimum atomic E-state index is -0.365. The molecular weight excluding hydrogens is 372 g/mol. The zero-order valence-corrected chi connectivity index (χ0v) is 16.0. The van der Waals surface area contributed by atoms with Gasteiger partial charge in [-0.05, 0) is 24.6 Å². The molecule has 150 valence electrons. The number of hydrogen-bond donors (Lipinski definition) is 3. The zero-order valence-electron chi connectivity index (χ0n) is 16.0. The van der Waals surface area contributed by atoms with Crippen LogP contribution in [0.3, 0.4) is 0 Å². The van der Waals surface area contributed by atoms with Gasteiger partial charge in [-0.2, -0.15) is 0 Å². The maximum Gasteiger partial charge on any atom is 0.289 e. The largest absolute Gasteiger partial charge is 0.459 e. The number of rotatable bonds is 5. The third kappa shape index (κ3) is 3.87. The highest BCUT2D eigenvalue weighted by atomic mass is 16.3. The molecule has 4 rings (SSSR count). The van der Waals surface area contributed by atoms with Crippen LogP contribution < -0.4 is 10.6 Å². The number of likely N-dealkylation sites (N-methyl/N-ethyl adjacent to an activating group) is 1. The number of para-hydroxylation sites is 1. The molecule has 0 aliphatic carbocycles. The van der Waals surface area contributed by atoms with Crippen molar-refractivity contribution >= 4 is 28.6 Å². The number of carbonyl (C=O) groups is 3. The fourth-order valence-electron chi connectivity index (χ4n) is 3.73. The number of nitrogens with zero attached hydrogens (tertiary/aromatic N) is 1. The van der Waals surface area contributed by atoms with Crippen molar-refractivity contribution in [1.29, 1.82) is 0 Å². The number of carbonyl (C=O) groups excluding carboxylic acids is 3. The van der Waals surface area contributed by atoms with Crippen LogP contribution in [-0.2, 0) is 9.59 Å². The summed E-state index contributed by atoms with van der Waals surface area (Å²) in [6.45, 7) is -0.107. The number of H-pyrrole nitrogens is 1. The zero-order chi connectivity index (χ0) is 20.4. The Hall–Kier alpha value is -3.55. The van der Waals surface area contributed by atoms with Crippen LogP contribution in [0.15, 0.2) is 53.3 Å². The van der Waals surface area contributed by atoms with E-state index >= 15 is 0 Å². The molecule has 0 bridgehead atoms. The molecule has 2 atom stereocenters. The SMILES string of the molecule is CN(CC(=O)N[C@@H]1CCC(=O)N[C@H]1c1c[nH]c2ccccc12)C(=O)c1ccco1. The smallest absolute Gasteiger partial charge is 0.289 e. The van der Waals surface area contributed by atoms with Gasteiger partial charge >= 0.3 is 0 Å². The normalized spacial score (nSPS) is 19.0. The number of piperidine rings is 1. The standard InChI is InChI=1S/C21H22N4O4/c1-25(21(28)17-7-4-10-29-17)12-19(27)23-16-8-9-18(26)24-20(16)14-11-22-15-6-3-2-5-13(14)15/h2-7,10-11,16,20,22H,8-9,12H2,1H3,(H,23,27)(H,24,26)/t16-,20+/m1/s1. The molecule has 2 aromatic heterocycles. The number of aromatic amines is 1. The molecule has 29 heavy (non-hydrogen) atoms. The van der Waals surface area contributed by atoms with Crippen molar-refractivity contribution in [3.05, 3.63) is 60.2 Å². The molecule has 3 aromatic rings. The van der Waals surface area contributed by atoms with E-state index in [9.17, 15) is 14.4 Å². The van der Waals surface area contributed by atoms with Gasteiger partial charge in [0.15, 0.2) is 5.76 Å². The molecule has 1 saturated heterocycles. The number of aromatic nitrogens is 1. The van der Waals surface area contributed by atoms with Gasteiger partial charge in [-0.1, -0.05) is 18.2 Å². The van der Waals surface area contributed by atoms with Gasteiger partial charge < -0.3 is 24.9 Å². The Morgan fingerprint density at radius 2 is 2.07 bits per heavy atom. The molecule has 1 aliphatic rings. The topological polar surface area (TPSA) is 107 Å². The van der Waals surface area contributed by atoms with E-state index in [2.05, 4.69) is 15.6 Å². The van der Waals surface area contributed by atoms with Gasteiger partial charge in [0.2, 0.25) is 11.8 Å². The van der Waals surface area contributed by atoms with Crippen LogP contribution in [0.5, 0.6) is 0 Å². The predicted octanol–water partition coefficient (Wildman–Crippen LogP) is 1.97. The lowest BCUT2D eigenvalue weighted by Gasteiger charge is -2.33. The van der Waals surface area contributed by atoms with E-state index in [1.165, 1.54) is 11.2 Å². The quantitative estimate of drug-likeness (QED) is 0.615. The van der Waals surface area contributed by atoms with Gasteiger partial charge in [-0.15, -0.1) is 0 Å². The van der Waals surface area contributed by atoms with E-state index in [-0.39, 0.29) is 42.1 Å². The number of fused-ring (bicyclic) bond motifs is 1. The molecule has 0 saturated carbocycles. The van der Waals surface area contributed by atoms with Gasteiger partial charge in [0.05, 0.1) is 24.9 Å². The van der Waals surface area contributed by atoms with Gasteiger partial charge in [0.25, 0.3) is 5.91 Å². The molecule has 8 heteroatoms. The molecule has 3 heterocycles. The van der Waals surface area contributed by atoms with E-state index in [0.29, 0.717) is 12.8 Å². The number of hydrogen-bond acceptors (Lipinski definition) is 4. The third-order valence-electron chi connectivity index (χ3n) is 5.16. The summed E-state index contributed by atoms with van der Waals surface area (Å²) in [6, 6.07) is 10.4. The van der Waals surface area contributed by atoms with Crippen molar-refractivity contribution in [3.8, 4) is 0 Å². The summed E-state index contributed by atoms with van der Waals surface area (Å²) in [4.78, 5) is 41.4. The van der Waals surface area contributed by atoms with Gasteiger partial charge in [-0.3, -0.25) is 14.4 Å². The molecule has 0 radical (unpaired) electrons. The van der Waals surface area contributed by atoms with Crippen molar-refractivity contribution in [3.63, 3.8) is 0 Å². The van der Waals surface area contributed by atoms with E-state index in [1.807, 2.05) is 30.5 Å². The average molecular weight is 394 g/mol. The Kier molecular flexibility index (Phi) is 5.07. The molecular formula is C21H22N4O4. The summed E-state index contributed by atoms with van der Waals surface area (Å²) in [5.74, 6) is -0.522. The second-order valence-corrected chi connectivity index (χ2v) is 7.19. The highest BCUT2D eigenvalue weighted by molar-refractivity contribution is 5.94. The summed E-state index contributed by atoms with van der Waals surface area (Å²) >= 11 is 0. The lowest BCUT2D eigenvalue weighted by Crippen LogP contribution is -2.52. The van der Waals surface area contributed by atoms with Crippen LogP contribution >= 0.6 is 0 Å². The molecule has 1 aromatic carbocycles. The second kappa shape index (κ2) is 7.83. The van der Waals surface area contributed by atoms with Gasteiger partial charge in [0.1, 0.15) is 0 Å². The summed E-state index contributed by atoms with van der Waals surface area (Å²) in [6.07, 6.45) is 4.15. The first kappa shape index (κ1) is 18.8. The number of amides is 3. The first-order chi connectivity index (χ1) is 14.0.